The first-order chi connectivity index (χ1) is 9.72. The molecule has 0 aromatic heterocycles. The highest BCUT2D eigenvalue weighted by Crippen LogP contribution is 2.33. The maximum Gasteiger partial charge on any atom is 0.417 e. The van der Waals surface area contributed by atoms with E-state index in [1.807, 2.05) is 0 Å². The lowest BCUT2D eigenvalue weighted by atomic mass is 10.1. The van der Waals surface area contributed by atoms with Gasteiger partial charge in [-0.3, -0.25) is 0 Å². The van der Waals surface area contributed by atoms with Crippen molar-refractivity contribution in [2.24, 2.45) is 0 Å². The lowest BCUT2D eigenvalue weighted by Gasteiger charge is -2.12. The van der Waals surface area contributed by atoms with Gasteiger partial charge in [-0.15, -0.1) is 12.4 Å². The van der Waals surface area contributed by atoms with E-state index in [1.165, 1.54) is 6.07 Å². The van der Waals surface area contributed by atoms with Crippen LogP contribution in [0.1, 0.15) is 17.5 Å². The fourth-order valence-corrected chi connectivity index (χ4v) is 2.68. The van der Waals surface area contributed by atoms with E-state index < -0.39 is 32.2 Å². The molecule has 0 amide bonds. The van der Waals surface area contributed by atoms with Crippen LogP contribution in [0.25, 0.3) is 0 Å². The molecule has 0 aliphatic heterocycles. The molecule has 0 aliphatic rings. The zero-order valence-corrected chi connectivity index (χ0v) is 13.2. The Morgan fingerprint density at radius 1 is 1.27 bits per heavy atom. The van der Waals surface area contributed by atoms with Crippen LogP contribution in [0.2, 0.25) is 0 Å². The fourth-order valence-electron chi connectivity index (χ4n) is 1.58. The van der Waals surface area contributed by atoms with Crippen LogP contribution < -0.4 is 10.0 Å². The van der Waals surface area contributed by atoms with Gasteiger partial charge in [-0.2, -0.15) is 18.4 Å². The van der Waals surface area contributed by atoms with Crippen LogP contribution in [0.5, 0.6) is 0 Å². The quantitative estimate of drug-likeness (QED) is 0.762. The Morgan fingerprint density at radius 2 is 1.91 bits per heavy atom. The minimum Gasteiger partial charge on any atom is -0.320 e. The van der Waals surface area contributed by atoms with Crippen molar-refractivity contribution >= 4 is 22.4 Å². The van der Waals surface area contributed by atoms with E-state index in [0.29, 0.717) is 19.0 Å². The third-order valence-corrected chi connectivity index (χ3v) is 4.08. The second kappa shape index (κ2) is 8.33. The summed E-state index contributed by atoms with van der Waals surface area (Å²) in [6.45, 7) is 0.675. The summed E-state index contributed by atoms with van der Waals surface area (Å²) in [6.07, 6.45) is -4.29. The molecule has 10 heteroatoms. The first kappa shape index (κ1) is 20.7. The Labute approximate surface area is 133 Å². The number of sulfonamides is 1. The number of nitriles is 1. The van der Waals surface area contributed by atoms with Crippen LogP contribution in [-0.2, 0) is 16.2 Å². The highest BCUT2D eigenvalue weighted by atomic mass is 35.5. The standard InChI is InChI=1S/C12H14F3N3O2S.ClH/c1-17-5-2-6-18-21(19,20)10-4-3-9(8-16)11(7-10)12(13,14)15;/h3-4,7,17-18H,2,5-6H2,1H3;1H. The smallest absolute Gasteiger partial charge is 0.320 e. The average Bonchev–Trinajstić information content (AvgIpc) is 2.42. The molecule has 0 spiro atoms. The molecule has 22 heavy (non-hydrogen) atoms. The highest BCUT2D eigenvalue weighted by molar-refractivity contribution is 7.89. The van der Waals surface area contributed by atoms with Crippen LogP contribution in [0.15, 0.2) is 23.1 Å². The molecule has 124 valence electrons. The van der Waals surface area contributed by atoms with Gasteiger partial charge in [0.05, 0.1) is 22.1 Å². The summed E-state index contributed by atoms with van der Waals surface area (Å²) in [7, 11) is -2.34. The van der Waals surface area contributed by atoms with Crippen molar-refractivity contribution in [3.05, 3.63) is 29.3 Å². The van der Waals surface area contributed by atoms with Gasteiger partial charge in [0.2, 0.25) is 10.0 Å². The third-order valence-electron chi connectivity index (χ3n) is 2.62. The van der Waals surface area contributed by atoms with Crippen molar-refractivity contribution in [2.75, 3.05) is 20.1 Å². The predicted molar refractivity (Wildman–Crippen MR) is 77.1 cm³/mol. The Kier molecular flexibility index (Phi) is 7.83. The molecule has 0 bridgehead atoms. The topological polar surface area (TPSA) is 82.0 Å². The van der Waals surface area contributed by atoms with Gasteiger partial charge in [0.25, 0.3) is 0 Å². The zero-order valence-electron chi connectivity index (χ0n) is 11.6. The van der Waals surface area contributed by atoms with Gasteiger partial charge in [0.15, 0.2) is 0 Å². The van der Waals surface area contributed by atoms with Gasteiger partial charge < -0.3 is 5.32 Å². The molecule has 5 nitrogen and oxygen atoms in total. The van der Waals surface area contributed by atoms with Crippen molar-refractivity contribution in [1.82, 2.24) is 10.0 Å². The number of hydrogen-bond acceptors (Lipinski definition) is 4. The monoisotopic (exact) mass is 357 g/mol. The zero-order chi connectivity index (χ0) is 16.1. The van der Waals surface area contributed by atoms with E-state index in [-0.39, 0.29) is 19.0 Å². The summed E-state index contributed by atoms with van der Waals surface area (Å²) < 4.78 is 64.3. The fraction of sp³-hybridized carbons (Fsp3) is 0.417. The van der Waals surface area contributed by atoms with E-state index in [2.05, 4.69) is 10.0 Å². The van der Waals surface area contributed by atoms with Crippen LogP contribution in [0.4, 0.5) is 13.2 Å². The largest absolute Gasteiger partial charge is 0.417 e. The first-order valence-corrected chi connectivity index (χ1v) is 7.46. The SMILES string of the molecule is CNCCCNS(=O)(=O)c1ccc(C#N)c(C(F)(F)F)c1.Cl. The number of hydrogen-bond donors (Lipinski definition) is 2. The molecule has 0 aliphatic carbocycles. The molecule has 0 heterocycles. The van der Waals surface area contributed by atoms with Gasteiger partial charge in [0, 0.05) is 6.54 Å². The maximum absolute atomic E-state index is 12.8. The van der Waals surface area contributed by atoms with E-state index in [4.69, 9.17) is 5.26 Å². The molecule has 0 fully saturated rings. The van der Waals surface area contributed by atoms with Crippen molar-refractivity contribution in [3.8, 4) is 6.07 Å². The Morgan fingerprint density at radius 3 is 2.41 bits per heavy atom. The van der Waals surface area contributed by atoms with Crippen LogP contribution >= 0.6 is 12.4 Å². The molecule has 0 saturated carbocycles. The first-order valence-electron chi connectivity index (χ1n) is 5.98. The van der Waals surface area contributed by atoms with Crippen molar-refractivity contribution < 1.29 is 21.6 Å². The number of nitrogens with one attached hydrogen (secondary N) is 2. The number of halogens is 4. The number of alkyl halides is 3. The van der Waals surface area contributed by atoms with Crippen molar-refractivity contribution in [3.63, 3.8) is 0 Å². The van der Waals surface area contributed by atoms with Crippen molar-refractivity contribution in [2.45, 2.75) is 17.5 Å². The van der Waals surface area contributed by atoms with E-state index >= 15 is 0 Å². The summed E-state index contributed by atoms with van der Waals surface area (Å²) in [5.41, 5.74) is -1.88. The Bertz CT molecular complexity index is 642. The molecule has 1 aromatic rings. The second-order valence-electron chi connectivity index (χ2n) is 4.17. The molecule has 0 radical (unpaired) electrons. The lowest BCUT2D eigenvalue weighted by molar-refractivity contribution is -0.137. The second-order valence-corrected chi connectivity index (χ2v) is 5.94. The molecule has 0 atom stereocenters. The predicted octanol–water partition coefficient (Wildman–Crippen LogP) is 1.89. The molecule has 1 aromatic carbocycles. The summed E-state index contributed by atoms with van der Waals surface area (Å²) >= 11 is 0. The number of rotatable bonds is 6. The van der Waals surface area contributed by atoms with E-state index in [1.54, 1.807) is 7.05 Å². The van der Waals surface area contributed by atoms with E-state index in [0.717, 1.165) is 12.1 Å². The van der Waals surface area contributed by atoms with Crippen LogP contribution in [0, 0.1) is 11.3 Å². The highest BCUT2D eigenvalue weighted by Gasteiger charge is 2.34. The van der Waals surface area contributed by atoms with Crippen molar-refractivity contribution in [1.29, 1.82) is 5.26 Å². The van der Waals surface area contributed by atoms with Gasteiger partial charge in [-0.1, -0.05) is 0 Å². The molecule has 0 unspecified atom stereocenters. The lowest BCUT2D eigenvalue weighted by Crippen LogP contribution is -2.27. The summed E-state index contributed by atoms with van der Waals surface area (Å²) in [5.74, 6) is 0. The van der Waals surface area contributed by atoms with Gasteiger partial charge in [0.1, 0.15) is 0 Å². The third kappa shape index (κ3) is 5.46. The molecule has 1 rings (SSSR count). The average molecular weight is 358 g/mol. The number of benzene rings is 1. The normalized spacial score (nSPS) is 11.6. The molecule has 2 N–H and O–H groups in total. The molecule has 0 saturated heterocycles. The van der Waals surface area contributed by atoms with Gasteiger partial charge in [-0.05, 0) is 38.2 Å². The minimum absolute atomic E-state index is 0. The summed E-state index contributed by atoms with van der Waals surface area (Å²) in [4.78, 5) is -0.515. The van der Waals surface area contributed by atoms with Crippen LogP contribution in [0.3, 0.4) is 0 Å². The Hall–Kier alpha value is -1.34. The summed E-state index contributed by atoms with van der Waals surface area (Å²) in [5, 5.41) is 11.5. The van der Waals surface area contributed by atoms with Crippen LogP contribution in [-0.4, -0.2) is 28.6 Å². The number of nitrogens with zero attached hydrogens (tertiary/aromatic N) is 1. The van der Waals surface area contributed by atoms with Gasteiger partial charge in [-0.25, -0.2) is 13.1 Å². The molecular weight excluding hydrogens is 343 g/mol. The van der Waals surface area contributed by atoms with Gasteiger partial charge >= 0.3 is 6.18 Å². The Balaban J connectivity index is 0.00000441. The molecular formula is C12H15ClF3N3O2S. The maximum atomic E-state index is 12.8. The minimum atomic E-state index is -4.79. The van der Waals surface area contributed by atoms with E-state index in [9.17, 15) is 21.6 Å². The summed E-state index contributed by atoms with van der Waals surface area (Å²) in [6, 6.07) is 3.70.